The molecule has 1 aliphatic rings. The summed E-state index contributed by atoms with van der Waals surface area (Å²) in [6.07, 6.45) is 3.28. The maximum Gasteiger partial charge on any atom is 0.255 e. The highest BCUT2D eigenvalue weighted by Crippen LogP contribution is 2.18. The van der Waals surface area contributed by atoms with Gasteiger partial charge in [0.1, 0.15) is 5.82 Å². The molecule has 8 heteroatoms. The summed E-state index contributed by atoms with van der Waals surface area (Å²) in [6, 6.07) is 3.76. The van der Waals surface area contributed by atoms with Gasteiger partial charge in [-0.3, -0.25) is 9.78 Å². The first-order chi connectivity index (χ1) is 11.9. The molecule has 0 bridgehead atoms. The van der Waals surface area contributed by atoms with Gasteiger partial charge < -0.3 is 14.7 Å². The molecule has 2 aromatic rings. The van der Waals surface area contributed by atoms with Crippen LogP contribution in [0.2, 0.25) is 0 Å². The van der Waals surface area contributed by atoms with E-state index in [2.05, 4.69) is 35.8 Å². The van der Waals surface area contributed by atoms with Gasteiger partial charge >= 0.3 is 0 Å². The van der Waals surface area contributed by atoms with Crippen molar-refractivity contribution in [1.29, 1.82) is 0 Å². The minimum absolute atomic E-state index is 0.00703. The molecule has 0 atom stereocenters. The average molecular weight is 405 g/mol. The molecule has 1 fully saturated rings. The summed E-state index contributed by atoms with van der Waals surface area (Å²) in [5, 5.41) is 0. The third-order valence-electron chi connectivity index (χ3n) is 4.09. The largest absolute Gasteiger partial charge is 0.363 e. The van der Waals surface area contributed by atoms with Crippen LogP contribution in [0.1, 0.15) is 16.1 Å². The van der Waals surface area contributed by atoms with Crippen LogP contribution in [0.15, 0.2) is 29.0 Å². The number of hydrogen-bond donors (Lipinski definition) is 0. The standard InChI is InChI=1S/C17H21BrN6O/c1-12-8-15(22(2)3)21-17(20-12)24-6-4-23(5-7-24)16(25)13-9-14(18)11-19-10-13/h8-11H,4-7H2,1-3H3. The fourth-order valence-electron chi connectivity index (χ4n) is 2.73. The lowest BCUT2D eigenvalue weighted by Crippen LogP contribution is -2.49. The lowest BCUT2D eigenvalue weighted by Gasteiger charge is -2.35. The summed E-state index contributed by atoms with van der Waals surface area (Å²) in [5.74, 6) is 1.62. The van der Waals surface area contributed by atoms with E-state index >= 15 is 0 Å². The van der Waals surface area contributed by atoms with Crippen molar-refractivity contribution < 1.29 is 4.79 Å². The predicted molar refractivity (Wildman–Crippen MR) is 101 cm³/mol. The average Bonchev–Trinajstić information content (AvgIpc) is 2.60. The lowest BCUT2D eigenvalue weighted by molar-refractivity contribution is 0.0745. The van der Waals surface area contributed by atoms with Gasteiger partial charge in [0, 0.05) is 68.9 Å². The van der Waals surface area contributed by atoms with Gasteiger partial charge in [-0.15, -0.1) is 0 Å². The van der Waals surface area contributed by atoms with Crippen molar-refractivity contribution in [2.45, 2.75) is 6.92 Å². The number of aryl methyl sites for hydroxylation is 1. The Labute approximate surface area is 155 Å². The van der Waals surface area contributed by atoms with Crippen molar-refractivity contribution in [3.05, 3.63) is 40.3 Å². The first-order valence-electron chi connectivity index (χ1n) is 8.12. The molecule has 2 aromatic heterocycles. The zero-order chi connectivity index (χ0) is 18.0. The molecule has 1 saturated heterocycles. The number of pyridine rings is 1. The van der Waals surface area contributed by atoms with Gasteiger partial charge in [0.25, 0.3) is 5.91 Å². The molecule has 132 valence electrons. The Morgan fingerprint density at radius 3 is 2.48 bits per heavy atom. The highest BCUT2D eigenvalue weighted by atomic mass is 79.9. The third-order valence-corrected chi connectivity index (χ3v) is 4.52. The van der Waals surface area contributed by atoms with Crippen LogP contribution in [0, 0.1) is 6.92 Å². The molecule has 0 aromatic carbocycles. The van der Waals surface area contributed by atoms with Crippen LogP contribution in [0.4, 0.5) is 11.8 Å². The van der Waals surface area contributed by atoms with Gasteiger partial charge in [-0.2, -0.15) is 4.98 Å². The van der Waals surface area contributed by atoms with Crippen molar-refractivity contribution in [3.63, 3.8) is 0 Å². The number of anilines is 2. The predicted octanol–water partition coefficient (Wildman–Crippen LogP) is 1.97. The van der Waals surface area contributed by atoms with Gasteiger partial charge in [-0.1, -0.05) is 0 Å². The fourth-order valence-corrected chi connectivity index (χ4v) is 3.09. The summed E-state index contributed by atoms with van der Waals surface area (Å²) in [4.78, 5) is 31.8. The fraction of sp³-hybridized carbons (Fsp3) is 0.412. The summed E-state index contributed by atoms with van der Waals surface area (Å²) >= 11 is 3.36. The van der Waals surface area contributed by atoms with Crippen LogP contribution in [0.5, 0.6) is 0 Å². The Bertz CT molecular complexity index is 773. The Balaban J connectivity index is 1.69. The third kappa shape index (κ3) is 4.07. The van der Waals surface area contributed by atoms with Crippen LogP contribution >= 0.6 is 15.9 Å². The highest BCUT2D eigenvalue weighted by Gasteiger charge is 2.24. The van der Waals surface area contributed by atoms with E-state index in [1.807, 2.05) is 36.9 Å². The van der Waals surface area contributed by atoms with Gasteiger partial charge in [0.2, 0.25) is 5.95 Å². The molecule has 0 saturated carbocycles. The minimum Gasteiger partial charge on any atom is -0.363 e. The van der Waals surface area contributed by atoms with Crippen molar-refractivity contribution in [1.82, 2.24) is 19.9 Å². The van der Waals surface area contributed by atoms with E-state index < -0.39 is 0 Å². The Morgan fingerprint density at radius 2 is 1.84 bits per heavy atom. The van der Waals surface area contributed by atoms with Crippen molar-refractivity contribution in [2.24, 2.45) is 0 Å². The second kappa shape index (κ2) is 7.35. The van der Waals surface area contributed by atoms with Crippen molar-refractivity contribution in [2.75, 3.05) is 50.1 Å². The topological polar surface area (TPSA) is 65.5 Å². The first-order valence-corrected chi connectivity index (χ1v) is 8.91. The normalized spacial score (nSPS) is 14.6. The number of carbonyl (C=O) groups excluding carboxylic acids is 1. The highest BCUT2D eigenvalue weighted by molar-refractivity contribution is 9.10. The summed E-state index contributed by atoms with van der Waals surface area (Å²) in [7, 11) is 3.93. The second-order valence-corrected chi connectivity index (χ2v) is 7.15. The van der Waals surface area contributed by atoms with E-state index in [9.17, 15) is 4.79 Å². The van der Waals surface area contributed by atoms with E-state index in [0.717, 1.165) is 21.9 Å². The lowest BCUT2D eigenvalue weighted by atomic mass is 10.2. The zero-order valence-corrected chi connectivity index (χ0v) is 16.2. The second-order valence-electron chi connectivity index (χ2n) is 6.23. The van der Waals surface area contributed by atoms with Crippen LogP contribution in [-0.4, -0.2) is 66.0 Å². The van der Waals surface area contributed by atoms with E-state index in [1.54, 1.807) is 18.5 Å². The van der Waals surface area contributed by atoms with E-state index in [-0.39, 0.29) is 5.91 Å². The SMILES string of the molecule is Cc1cc(N(C)C)nc(N2CCN(C(=O)c3cncc(Br)c3)CC2)n1. The number of nitrogens with zero attached hydrogens (tertiary/aromatic N) is 6. The monoisotopic (exact) mass is 404 g/mol. The molecule has 3 heterocycles. The Hall–Kier alpha value is -2.22. The summed E-state index contributed by atoms with van der Waals surface area (Å²) in [6.45, 7) is 4.67. The first kappa shape index (κ1) is 17.6. The molecular weight excluding hydrogens is 384 g/mol. The van der Waals surface area contributed by atoms with Crippen LogP contribution < -0.4 is 9.80 Å². The molecule has 25 heavy (non-hydrogen) atoms. The summed E-state index contributed by atoms with van der Waals surface area (Å²) in [5.41, 5.74) is 1.54. The number of aromatic nitrogens is 3. The Morgan fingerprint density at radius 1 is 1.12 bits per heavy atom. The number of halogens is 1. The molecule has 0 aliphatic carbocycles. The molecule has 1 aliphatic heterocycles. The molecule has 3 rings (SSSR count). The van der Waals surface area contributed by atoms with Gasteiger partial charge in [-0.25, -0.2) is 4.98 Å². The smallest absolute Gasteiger partial charge is 0.255 e. The Kier molecular flexibility index (Phi) is 5.17. The van der Waals surface area contributed by atoms with Gasteiger partial charge in [-0.05, 0) is 28.9 Å². The van der Waals surface area contributed by atoms with Crippen LogP contribution in [0.25, 0.3) is 0 Å². The maximum absolute atomic E-state index is 12.6. The number of rotatable bonds is 3. The quantitative estimate of drug-likeness (QED) is 0.778. The van der Waals surface area contributed by atoms with Crippen molar-refractivity contribution >= 4 is 33.6 Å². The number of amides is 1. The molecule has 0 radical (unpaired) electrons. The van der Waals surface area contributed by atoms with E-state index in [4.69, 9.17) is 0 Å². The van der Waals surface area contributed by atoms with Gasteiger partial charge in [0.15, 0.2) is 0 Å². The molecule has 0 unspecified atom stereocenters. The number of piperazine rings is 1. The summed E-state index contributed by atoms with van der Waals surface area (Å²) < 4.78 is 0.807. The van der Waals surface area contributed by atoms with Crippen molar-refractivity contribution in [3.8, 4) is 0 Å². The minimum atomic E-state index is 0.00703. The van der Waals surface area contributed by atoms with Crippen LogP contribution in [0.3, 0.4) is 0 Å². The van der Waals surface area contributed by atoms with Crippen LogP contribution in [-0.2, 0) is 0 Å². The molecule has 7 nitrogen and oxygen atoms in total. The van der Waals surface area contributed by atoms with E-state index in [1.165, 1.54) is 0 Å². The molecular formula is C17H21BrN6O. The zero-order valence-electron chi connectivity index (χ0n) is 14.6. The van der Waals surface area contributed by atoms with Gasteiger partial charge in [0.05, 0.1) is 5.56 Å². The van der Waals surface area contributed by atoms with E-state index in [0.29, 0.717) is 31.7 Å². The number of hydrogen-bond acceptors (Lipinski definition) is 6. The molecule has 0 N–H and O–H groups in total. The molecule has 0 spiro atoms. The maximum atomic E-state index is 12.6. The number of carbonyl (C=O) groups is 1. The molecule has 1 amide bonds.